The van der Waals surface area contributed by atoms with E-state index in [4.69, 9.17) is 4.55 Å². The molecule has 0 atom stereocenters. The van der Waals surface area contributed by atoms with Crippen molar-refractivity contribution in [2.24, 2.45) is 0 Å². The maximum atomic E-state index is 10.9. The lowest BCUT2D eigenvalue weighted by atomic mass is 10.5. The summed E-state index contributed by atoms with van der Waals surface area (Å²) in [7, 11) is -3.93. The smallest absolute Gasteiger partial charge is 0.264 e. The summed E-state index contributed by atoms with van der Waals surface area (Å²) < 4.78 is 29.0. The summed E-state index contributed by atoms with van der Waals surface area (Å²) in [6, 6.07) is 0. The van der Waals surface area contributed by atoms with Gasteiger partial charge >= 0.3 is 0 Å². The largest absolute Gasteiger partial charge is 0.348 e. The minimum atomic E-state index is -3.93. The van der Waals surface area contributed by atoms with Gasteiger partial charge in [-0.2, -0.15) is 8.42 Å². The summed E-state index contributed by atoms with van der Waals surface area (Å²) in [6.07, 6.45) is 0.791. The summed E-state index contributed by atoms with van der Waals surface area (Å²) in [4.78, 5) is 20.8. The van der Waals surface area contributed by atoms with Crippen LogP contribution in [0.4, 0.5) is 0 Å². The number of hydrogen-bond acceptors (Lipinski definition) is 6. The first-order valence-electron chi connectivity index (χ1n) is 4.57. The summed E-state index contributed by atoms with van der Waals surface area (Å²) >= 11 is 0. The Morgan fingerprint density at radius 1 is 1.31 bits per heavy atom. The fourth-order valence-corrected chi connectivity index (χ4v) is 1.30. The third kappa shape index (κ3) is 11.0. The van der Waals surface area contributed by atoms with Crippen LogP contribution in [0.3, 0.4) is 0 Å². The monoisotopic (exact) mass is 253 g/mol. The van der Waals surface area contributed by atoms with Crippen molar-refractivity contribution in [1.82, 2.24) is 16.2 Å². The molecular formula is C7H15N3O5S. The Kier molecular flexibility index (Phi) is 7.64. The van der Waals surface area contributed by atoms with Crippen LogP contribution >= 0.6 is 0 Å². The molecule has 0 aromatic heterocycles. The Bertz CT molecular complexity index is 316. The highest BCUT2D eigenvalue weighted by molar-refractivity contribution is 7.85. The summed E-state index contributed by atoms with van der Waals surface area (Å²) in [5.74, 6) is -0.687. The van der Waals surface area contributed by atoms with Gasteiger partial charge in [-0.15, -0.1) is 0 Å². The quantitative estimate of drug-likeness (QED) is 0.157. The summed E-state index contributed by atoms with van der Waals surface area (Å²) in [5, 5.41) is 2.30. The number of aldehydes is 1. The second-order valence-corrected chi connectivity index (χ2v) is 4.46. The molecule has 94 valence electrons. The topological polar surface area (TPSA) is 125 Å². The molecule has 0 unspecified atom stereocenters. The van der Waals surface area contributed by atoms with E-state index in [2.05, 4.69) is 16.2 Å². The van der Waals surface area contributed by atoms with E-state index in [0.29, 0.717) is 12.8 Å². The number of nitrogens with one attached hydrogen (secondary N) is 3. The van der Waals surface area contributed by atoms with Gasteiger partial charge in [0.25, 0.3) is 10.1 Å². The summed E-state index contributed by atoms with van der Waals surface area (Å²) in [5.41, 5.74) is 5.12. The maximum absolute atomic E-state index is 10.9. The van der Waals surface area contributed by atoms with Crippen LogP contribution in [0.5, 0.6) is 0 Å². The first kappa shape index (κ1) is 15.0. The molecule has 0 spiro atoms. The lowest BCUT2D eigenvalue weighted by molar-refractivity contribution is -0.121. The number of carbonyl (C=O) groups excluding carboxylic acids is 2. The van der Waals surface area contributed by atoms with E-state index < -0.39 is 10.1 Å². The van der Waals surface area contributed by atoms with E-state index >= 15 is 0 Å². The highest BCUT2D eigenvalue weighted by Gasteiger charge is 2.03. The van der Waals surface area contributed by atoms with Gasteiger partial charge in [-0.25, -0.2) is 5.43 Å². The van der Waals surface area contributed by atoms with Crippen molar-refractivity contribution in [3.8, 4) is 0 Å². The number of rotatable bonds is 9. The zero-order valence-corrected chi connectivity index (χ0v) is 9.42. The highest BCUT2D eigenvalue weighted by atomic mass is 32.2. The van der Waals surface area contributed by atoms with Gasteiger partial charge in [-0.05, 0) is 6.42 Å². The van der Waals surface area contributed by atoms with Crippen molar-refractivity contribution in [2.75, 3.05) is 25.4 Å². The summed E-state index contributed by atoms with van der Waals surface area (Å²) in [6.45, 7) is 0.226. The van der Waals surface area contributed by atoms with Gasteiger partial charge in [-0.1, -0.05) is 0 Å². The Hall–Kier alpha value is -1.03. The Morgan fingerprint density at radius 3 is 2.56 bits per heavy atom. The van der Waals surface area contributed by atoms with E-state index in [-0.39, 0.29) is 31.2 Å². The molecule has 1 amide bonds. The molecule has 8 nitrogen and oxygen atoms in total. The van der Waals surface area contributed by atoms with Crippen molar-refractivity contribution in [1.29, 1.82) is 0 Å². The van der Waals surface area contributed by atoms with Crippen LogP contribution in [0.1, 0.15) is 6.42 Å². The molecule has 0 fully saturated rings. The SMILES string of the molecule is O=CCNC(=O)CNNCCCS(=O)(=O)O. The van der Waals surface area contributed by atoms with E-state index in [1.165, 1.54) is 0 Å². The molecule has 0 heterocycles. The van der Waals surface area contributed by atoms with Gasteiger partial charge in [0.1, 0.15) is 6.29 Å². The molecular weight excluding hydrogens is 238 g/mol. The van der Waals surface area contributed by atoms with E-state index in [9.17, 15) is 18.0 Å². The molecule has 0 aromatic carbocycles. The molecule has 0 rings (SSSR count). The third-order valence-electron chi connectivity index (χ3n) is 1.46. The molecule has 0 aliphatic carbocycles. The van der Waals surface area contributed by atoms with Crippen LogP contribution in [0, 0.1) is 0 Å². The molecule has 0 aliphatic heterocycles. The van der Waals surface area contributed by atoms with Gasteiger partial charge in [0.2, 0.25) is 5.91 Å². The molecule has 16 heavy (non-hydrogen) atoms. The Morgan fingerprint density at radius 2 is 2.00 bits per heavy atom. The van der Waals surface area contributed by atoms with Gasteiger partial charge in [0.05, 0.1) is 18.8 Å². The third-order valence-corrected chi connectivity index (χ3v) is 2.27. The lowest BCUT2D eigenvalue weighted by Gasteiger charge is -2.05. The van der Waals surface area contributed by atoms with Crippen LogP contribution in [-0.2, 0) is 19.7 Å². The lowest BCUT2D eigenvalue weighted by Crippen LogP contribution is -2.42. The van der Waals surface area contributed by atoms with E-state index in [0.717, 1.165) is 0 Å². The molecule has 9 heteroatoms. The second kappa shape index (κ2) is 8.16. The van der Waals surface area contributed by atoms with Gasteiger partial charge in [0, 0.05) is 6.54 Å². The molecule has 0 saturated heterocycles. The van der Waals surface area contributed by atoms with Crippen molar-refractivity contribution in [3.05, 3.63) is 0 Å². The first-order chi connectivity index (χ1) is 7.45. The predicted molar refractivity (Wildman–Crippen MR) is 56.1 cm³/mol. The molecule has 0 saturated carbocycles. The van der Waals surface area contributed by atoms with Crippen LogP contribution in [0.2, 0.25) is 0 Å². The fraction of sp³-hybridized carbons (Fsp3) is 0.714. The highest BCUT2D eigenvalue weighted by Crippen LogP contribution is 1.85. The van der Waals surface area contributed by atoms with Crippen LogP contribution < -0.4 is 16.2 Å². The Labute approximate surface area is 93.5 Å². The molecule has 0 radical (unpaired) electrons. The maximum Gasteiger partial charge on any atom is 0.264 e. The number of carbonyl (C=O) groups is 2. The van der Waals surface area contributed by atoms with Crippen molar-refractivity contribution >= 4 is 22.3 Å². The number of amides is 1. The van der Waals surface area contributed by atoms with Gasteiger partial charge < -0.3 is 10.1 Å². The molecule has 4 N–H and O–H groups in total. The molecule has 0 bridgehead atoms. The van der Waals surface area contributed by atoms with Crippen molar-refractivity contribution in [2.45, 2.75) is 6.42 Å². The number of hydrazine groups is 1. The molecule has 0 aliphatic rings. The average Bonchev–Trinajstić information content (AvgIpc) is 2.18. The average molecular weight is 253 g/mol. The first-order valence-corrected chi connectivity index (χ1v) is 6.18. The minimum absolute atomic E-state index is 0.0281. The van der Waals surface area contributed by atoms with Crippen molar-refractivity contribution in [3.63, 3.8) is 0 Å². The normalized spacial score (nSPS) is 11.1. The van der Waals surface area contributed by atoms with Crippen LogP contribution in [0.25, 0.3) is 0 Å². The van der Waals surface area contributed by atoms with Crippen molar-refractivity contribution < 1.29 is 22.6 Å². The zero-order chi connectivity index (χ0) is 12.4. The van der Waals surface area contributed by atoms with Gasteiger partial charge in [-0.3, -0.25) is 14.8 Å². The Balaban J connectivity index is 3.33. The zero-order valence-electron chi connectivity index (χ0n) is 8.60. The molecule has 0 aromatic rings. The standard InChI is InChI=1S/C7H15N3O5S/c11-4-3-8-7(12)6-10-9-2-1-5-16(13,14)15/h4,9-10H,1-3,5-6H2,(H,8,12)(H,13,14,15). The minimum Gasteiger partial charge on any atom is -0.348 e. The van der Waals surface area contributed by atoms with Crippen LogP contribution in [0.15, 0.2) is 0 Å². The fourth-order valence-electron chi connectivity index (χ4n) is 0.792. The number of hydrogen-bond donors (Lipinski definition) is 4. The second-order valence-electron chi connectivity index (χ2n) is 2.89. The van der Waals surface area contributed by atoms with Gasteiger partial charge in [0.15, 0.2) is 0 Å². The van der Waals surface area contributed by atoms with E-state index in [1.807, 2.05) is 0 Å². The van der Waals surface area contributed by atoms with Crippen LogP contribution in [-0.4, -0.2) is 50.6 Å². The van der Waals surface area contributed by atoms with E-state index in [1.54, 1.807) is 0 Å². The predicted octanol–water partition coefficient (Wildman–Crippen LogP) is -2.33.